The maximum absolute atomic E-state index is 6.04. The minimum atomic E-state index is 0.227. The van der Waals surface area contributed by atoms with Crippen LogP contribution in [0.2, 0.25) is 0 Å². The fraction of sp³-hybridized carbons (Fsp3) is 0.692. The highest BCUT2D eigenvalue weighted by molar-refractivity contribution is 7.99. The zero-order valence-electron chi connectivity index (χ0n) is 11.8. The average Bonchev–Trinajstić information content (AvgIpc) is 2.99. The summed E-state index contributed by atoms with van der Waals surface area (Å²) < 4.78 is 7.72. The normalized spacial score (nSPS) is 23.1. The van der Waals surface area contributed by atoms with Gasteiger partial charge in [-0.25, -0.2) is 4.98 Å². The number of aromatic nitrogens is 2. The van der Waals surface area contributed by atoms with Crippen molar-refractivity contribution >= 4 is 17.7 Å². The van der Waals surface area contributed by atoms with Crippen molar-refractivity contribution in [2.75, 3.05) is 32.0 Å². The molecule has 2 aliphatic rings. The van der Waals surface area contributed by atoms with Crippen molar-refractivity contribution in [1.29, 1.82) is 0 Å². The van der Waals surface area contributed by atoms with Crippen molar-refractivity contribution in [2.24, 2.45) is 10.7 Å². The Kier molecular flexibility index (Phi) is 4.16. The number of aliphatic imine (C=N–C) groups is 1. The lowest BCUT2D eigenvalue weighted by atomic mass is 10.3. The van der Waals surface area contributed by atoms with Crippen LogP contribution in [0.3, 0.4) is 0 Å². The minimum Gasteiger partial charge on any atom is -0.375 e. The first-order valence-electron chi connectivity index (χ1n) is 7.07. The van der Waals surface area contributed by atoms with E-state index in [0.717, 1.165) is 49.3 Å². The smallest absolute Gasteiger partial charge is 0.191 e. The average molecular weight is 295 g/mol. The summed E-state index contributed by atoms with van der Waals surface area (Å²) in [5.41, 5.74) is 7.15. The Balaban J connectivity index is 1.51. The SMILES string of the molecule is CC1CN(C(N)=NCCc2cn3c(n2)SCC3)CCO1. The van der Waals surface area contributed by atoms with Crippen LogP contribution in [0.4, 0.5) is 0 Å². The number of nitrogens with two attached hydrogens (primary N) is 1. The van der Waals surface area contributed by atoms with Gasteiger partial charge in [-0.3, -0.25) is 4.99 Å². The molecule has 2 aliphatic heterocycles. The van der Waals surface area contributed by atoms with Crippen LogP contribution in [0.1, 0.15) is 12.6 Å². The van der Waals surface area contributed by atoms with E-state index < -0.39 is 0 Å². The fourth-order valence-corrected chi connectivity index (χ4v) is 3.46. The summed E-state index contributed by atoms with van der Waals surface area (Å²) >= 11 is 1.82. The van der Waals surface area contributed by atoms with Gasteiger partial charge in [-0.15, -0.1) is 0 Å². The number of thioether (sulfide) groups is 1. The van der Waals surface area contributed by atoms with E-state index in [9.17, 15) is 0 Å². The molecule has 0 bridgehead atoms. The maximum atomic E-state index is 6.04. The number of imidazole rings is 1. The molecule has 0 aromatic carbocycles. The molecule has 20 heavy (non-hydrogen) atoms. The fourth-order valence-electron chi connectivity index (χ4n) is 2.49. The largest absolute Gasteiger partial charge is 0.375 e. The topological polar surface area (TPSA) is 68.7 Å². The van der Waals surface area contributed by atoms with E-state index in [2.05, 4.69) is 32.6 Å². The number of fused-ring (bicyclic) bond motifs is 1. The van der Waals surface area contributed by atoms with Gasteiger partial charge in [0, 0.05) is 44.5 Å². The Bertz CT molecular complexity index is 479. The number of hydrogen-bond acceptors (Lipinski definition) is 4. The zero-order valence-corrected chi connectivity index (χ0v) is 12.6. The number of guanidine groups is 1. The van der Waals surface area contributed by atoms with Gasteiger partial charge in [0.25, 0.3) is 0 Å². The Hall–Kier alpha value is -1.21. The molecule has 3 rings (SSSR count). The summed E-state index contributed by atoms with van der Waals surface area (Å²) in [6.45, 7) is 6.20. The monoisotopic (exact) mass is 295 g/mol. The molecule has 0 radical (unpaired) electrons. The van der Waals surface area contributed by atoms with E-state index in [1.807, 2.05) is 11.8 Å². The van der Waals surface area contributed by atoms with Gasteiger partial charge in [-0.05, 0) is 6.92 Å². The first-order valence-corrected chi connectivity index (χ1v) is 8.06. The summed E-state index contributed by atoms with van der Waals surface area (Å²) in [7, 11) is 0. The van der Waals surface area contributed by atoms with E-state index in [-0.39, 0.29) is 6.10 Å². The van der Waals surface area contributed by atoms with Crippen LogP contribution in [0.25, 0.3) is 0 Å². The molecule has 0 spiro atoms. The van der Waals surface area contributed by atoms with Crippen molar-refractivity contribution in [3.05, 3.63) is 11.9 Å². The summed E-state index contributed by atoms with van der Waals surface area (Å²) in [4.78, 5) is 11.2. The van der Waals surface area contributed by atoms with Gasteiger partial charge >= 0.3 is 0 Å². The first-order chi connectivity index (χ1) is 9.72. The van der Waals surface area contributed by atoms with Gasteiger partial charge in [0.1, 0.15) is 0 Å². The highest BCUT2D eigenvalue weighted by Crippen LogP contribution is 2.24. The Morgan fingerprint density at radius 3 is 3.30 bits per heavy atom. The van der Waals surface area contributed by atoms with Crippen LogP contribution in [0.15, 0.2) is 16.3 Å². The molecular weight excluding hydrogens is 274 g/mol. The predicted octanol–water partition coefficient (Wildman–Crippen LogP) is 0.567. The highest BCUT2D eigenvalue weighted by Gasteiger charge is 2.18. The lowest BCUT2D eigenvalue weighted by molar-refractivity contribution is 0.00530. The second-order valence-corrected chi connectivity index (χ2v) is 6.24. The van der Waals surface area contributed by atoms with E-state index in [1.165, 1.54) is 0 Å². The number of aryl methyl sites for hydroxylation is 1. The predicted molar refractivity (Wildman–Crippen MR) is 80.1 cm³/mol. The Morgan fingerprint density at radius 1 is 1.60 bits per heavy atom. The molecule has 7 heteroatoms. The maximum Gasteiger partial charge on any atom is 0.191 e. The third-order valence-electron chi connectivity index (χ3n) is 3.56. The molecule has 1 saturated heterocycles. The Labute approximate surface area is 123 Å². The zero-order chi connectivity index (χ0) is 13.9. The molecule has 1 fully saturated rings. The minimum absolute atomic E-state index is 0.227. The molecule has 1 unspecified atom stereocenters. The number of ether oxygens (including phenoxy) is 1. The molecule has 1 aromatic rings. The van der Waals surface area contributed by atoms with E-state index >= 15 is 0 Å². The molecule has 3 heterocycles. The number of rotatable bonds is 3. The molecule has 110 valence electrons. The van der Waals surface area contributed by atoms with Gasteiger partial charge < -0.3 is 19.9 Å². The van der Waals surface area contributed by atoms with Crippen LogP contribution < -0.4 is 5.73 Å². The van der Waals surface area contributed by atoms with E-state index in [1.54, 1.807) is 0 Å². The number of nitrogens with zero attached hydrogens (tertiary/aromatic N) is 4. The van der Waals surface area contributed by atoms with Crippen molar-refractivity contribution in [3.8, 4) is 0 Å². The van der Waals surface area contributed by atoms with Crippen molar-refractivity contribution < 1.29 is 4.74 Å². The van der Waals surface area contributed by atoms with Crippen molar-refractivity contribution in [2.45, 2.75) is 31.1 Å². The lowest BCUT2D eigenvalue weighted by Crippen LogP contribution is -2.47. The quantitative estimate of drug-likeness (QED) is 0.652. The number of hydrogen-bond donors (Lipinski definition) is 1. The molecular formula is C13H21N5OS. The van der Waals surface area contributed by atoms with E-state index in [4.69, 9.17) is 10.5 Å². The first kappa shape index (κ1) is 13.8. The Morgan fingerprint density at radius 2 is 2.50 bits per heavy atom. The molecule has 0 amide bonds. The van der Waals surface area contributed by atoms with Gasteiger partial charge in [-0.1, -0.05) is 11.8 Å². The van der Waals surface area contributed by atoms with Crippen LogP contribution >= 0.6 is 11.8 Å². The van der Waals surface area contributed by atoms with E-state index in [0.29, 0.717) is 12.5 Å². The third-order valence-corrected chi connectivity index (χ3v) is 4.53. The second kappa shape index (κ2) is 6.05. The highest BCUT2D eigenvalue weighted by atomic mass is 32.2. The molecule has 2 N–H and O–H groups in total. The van der Waals surface area contributed by atoms with Gasteiger partial charge in [0.15, 0.2) is 11.1 Å². The summed E-state index contributed by atoms with van der Waals surface area (Å²) in [5.74, 6) is 1.77. The molecule has 1 atom stereocenters. The summed E-state index contributed by atoms with van der Waals surface area (Å²) in [5, 5.41) is 1.14. The molecule has 0 saturated carbocycles. The van der Waals surface area contributed by atoms with Crippen LogP contribution in [0.5, 0.6) is 0 Å². The molecule has 0 aliphatic carbocycles. The lowest BCUT2D eigenvalue weighted by Gasteiger charge is -2.31. The summed E-state index contributed by atoms with van der Waals surface area (Å²) in [6.07, 6.45) is 3.21. The van der Waals surface area contributed by atoms with Crippen molar-refractivity contribution in [1.82, 2.24) is 14.5 Å². The van der Waals surface area contributed by atoms with Crippen LogP contribution in [0, 0.1) is 0 Å². The van der Waals surface area contributed by atoms with Crippen LogP contribution in [-0.2, 0) is 17.7 Å². The van der Waals surface area contributed by atoms with Gasteiger partial charge in [-0.2, -0.15) is 0 Å². The molecule has 6 nitrogen and oxygen atoms in total. The second-order valence-electron chi connectivity index (χ2n) is 5.17. The van der Waals surface area contributed by atoms with Gasteiger partial charge in [0.2, 0.25) is 0 Å². The number of morpholine rings is 1. The van der Waals surface area contributed by atoms with Crippen molar-refractivity contribution in [3.63, 3.8) is 0 Å². The molecule has 1 aromatic heterocycles. The van der Waals surface area contributed by atoms with Gasteiger partial charge in [0.05, 0.1) is 18.4 Å². The summed E-state index contributed by atoms with van der Waals surface area (Å²) in [6, 6.07) is 0. The van der Waals surface area contributed by atoms with Crippen LogP contribution in [-0.4, -0.2) is 58.5 Å². The standard InChI is InChI=1S/C13H21N5OS/c1-10-8-17(4-6-19-10)12(14)15-3-2-11-9-18-5-7-20-13(18)16-11/h9-10H,2-8H2,1H3,(H2,14,15). The third kappa shape index (κ3) is 3.09.